The largest absolute Gasteiger partial charge is 0.497 e. The summed E-state index contributed by atoms with van der Waals surface area (Å²) in [5.74, 6) is 1.49. The van der Waals surface area contributed by atoms with Crippen LogP contribution in [-0.4, -0.2) is 47.8 Å². The van der Waals surface area contributed by atoms with E-state index in [-0.39, 0.29) is 18.9 Å². The van der Waals surface area contributed by atoms with Gasteiger partial charge in [0.1, 0.15) is 12.2 Å². The Kier molecular flexibility index (Phi) is 7.25. The van der Waals surface area contributed by atoms with E-state index in [2.05, 4.69) is 0 Å². The van der Waals surface area contributed by atoms with Gasteiger partial charge in [-0.25, -0.2) is 4.79 Å². The molecule has 7 heteroatoms. The molecule has 1 aromatic rings. The molecular formula is C22H31N3O4. The molecule has 1 aromatic carbocycles. The minimum atomic E-state index is -0.505. The Balaban J connectivity index is 0.000000343. The van der Waals surface area contributed by atoms with Gasteiger partial charge in [-0.2, -0.15) is 0 Å². The zero-order valence-electron chi connectivity index (χ0n) is 17.1. The smallest absolute Gasteiger partial charge is 0.333 e. The maximum atomic E-state index is 12.5. The van der Waals surface area contributed by atoms with Gasteiger partial charge in [-0.1, -0.05) is 37.8 Å². The fourth-order valence-electron chi connectivity index (χ4n) is 3.37. The SMILES string of the molecule is COc1cccc(CN2C(=O)CC(=O)N(CCC3CC3)C2=O)c1.NCCC1CC1. The van der Waals surface area contributed by atoms with Gasteiger partial charge >= 0.3 is 6.03 Å². The summed E-state index contributed by atoms with van der Waals surface area (Å²) < 4.78 is 5.15. The first-order valence-corrected chi connectivity index (χ1v) is 10.5. The topological polar surface area (TPSA) is 92.9 Å². The third-order valence-corrected chi connectivity index (χ3v) is 5.57. The van der Waals surface area contributed by atoms with E-state index < -0.39 is 11.9 Å². The van der Waals surface area contributed by atoms with Gasteiger partial charge in [0.15, 0.2) is 0 Å². The van der Waals surface area contributed by atoms with Gasteiger partial charge < -0.3 is 10.5 Å². The Morgan fingerprint density at radius 3 is 2.24 bits per heavy atom. The van der Waals surface area contributed by atoms with Crippen molar-refractivity contribution in [1.29, 1.82) is 0 Å². The first kappa shape index (κ1) is 21.3. The van der Waals surface area contributed by atoms with Crippen LogP contribution in [0.1, 0.15) is 50.5 Å². The number of imide groups is 2. The zero-order chi connectivity index (χ0) is 20.8. The van der Waals surface area contributed by atoms with Crippen molar-refractivity contribution in [2.45, 2.75) is 51.5 Å². The van der Waals surface area contributed by atoms with E-state index in [1.54, 1.807) is 19.2 Å². The quantitative estimate of drug-likeness (QED) is 0.676. The molecular weight excluding hydrogens is 370 g/mol. The zero-order valence-corrected chi connectivity index (χ0v) is 17.1. The van der Waals surface area contributed by atoms with Crippen molar-refractivity contribution >= 4 is 17.8 Å². The number of urea groups is 1. The van der Waals surface area contributed by atoms with Gasteiger partial charge in [-0.3, -0.25) is 19.4 Å². The first-order valence-electron chi connectivity index (χ1n) is 10.5. The summed E-state index contributed by atoms with van der Waals surface area (Å²) in [6.45, 7) is 1.46. The molecule has 0 bridgehead atoms. The molecule has 0 radical (unpaired) electrons. The molecule has 2 aliphatic carbocycles. The van der Waals surface area contributed by atoms with Crippen molar-refractivity contribution in [3.63, 3.8) is 0 Å². The average molecular weight is 402 g/mol. The van der Waals surface area contributed by atoms with E-state index in [0.29, 0.717) is 18.2 Å². The normalized spacial score (nSPS) is 19.2. The maximum Gasteiger partial charge on any atom is 0.333 e. The van der Waals surface area contributed by atoms with Crippen molar-refractivity contribution in [3.05, 3.63) is 29.8 Å². The minimum Gasteiger partial charge on any atom is -0.497 e. The standard InChI is InChI=1S/C17H20N2O4.C5H11N/c1-23-14-4-2-3-13(9-14)11-19-16(21)10-15(20)18(17(19)22)8-7-12-5-6-12;6-4-3-5-1-2-5/h2-4,9,12H,5-8,10-11H2,1H3;5H,1-4,6H2. The highest BCUT2D eigenvalue weighted by Gasteiger charge is 2.38. The minimum absolute atomic E-state index is 0.155. The molecule has 7 nitrogen and oxygen atoms in total. The fraction of sp³-hybridized carbons (Fsp3) is 0.591. The number of barbiturate groups is 1. The van der Waals surface area contributed by atoms with Crippen LogP contribution in [-0.2, 0) is 16.1 Å². The number of amides is 4. The number of carbonyl (C=O) groups excluding carboxylic acids is 3. The molecule has 4 rings (SSSR count). The van der Waals surface area contributed by atoms with Gasteiger partial charge in [-0.05, 0) is 48.9 Å². The second-order valence-corrected chi connectivity index (χ2v) is 8.09. The summed E-state index contributed by atoms with van der Waals surface area (Å²) in [6.07, 6.45) is 7.08. The van der Waals surface area contributed by atoms with E-state index >= 15 is 0 Å². The average Bonchev–Trinajstić information content (AvgIpc) is 3.61. The number of ether oxygens (including phenoxy) is 1. The Hall–Kier alpha value is -2.41. The van der Waals surface area contributed by atoms with E-state index in [9.17, 15) is 14.4 Å². The third-order valence-electron chi connectivity index (χ3n) is 5.57. The number of benzene rings is 1. The van der Waals surface area contributed by atoms with Crippen LogP contribution in [0.2, 0.25) is 0 Å². The summed E-state index contributed by atoms with van der Waals surface area (Å²) in [7, 11) is 1.56. The number of nitrogens with two attached hydrogens (primary N) is 1. The molecule has 1 saturated heterocycles. The van der Waals surface area contributed by atoms with Crippen molar-refractivity contribution in [2.75, 3.05) is 20.2 Å². The Morgan fingerprint density at radius 2 is 1.66 bits per heavy atom. The number of hydrogen-bond donors (Lipinski definition) is 1. The molecule has 2 N–H and O–H groups in total. The molecule has 3 fully saturated rings. The van der Waals surface area contributed by atoms with Crippen LogP contribution in [0.5, 0.6) is 5.75 Å². The second kappa shape index (κ2) is 9.87. The highest BCUT2D eigenvalue weighted by atomic mass is 16.5. The molecule has 2 saturated carbocycles. The molecule has 158 valence electrons. The van der Waals surface area contributed by atoms with E-state index in [4.69, 9.17) is 10.5 Å². The van der Waals surface area contributed by atoms with Gasteiger partial charge in [0, 0.05) is 6.54 Å². The lowest BCUT2D eigenvalue weighted by Gasteiger charge is -2.32. The summed E-state index contributed by atoms with van der Waals surface area (Å²) >= 11 is 0. The molecule has 1 aliphatic heterocycles. The number of methoxy groups -OCH3 is 1. The van der Waals surface area contributed by atoms with Crippen molar-refractivity contribution in [3.8, 4) is 5.75 Å². The maximum absolute atomic E-state index is 12.5. The van der Waals surface area contributed by atoms with Crippen LogP contribution in [0.15, 0.2) is 24.3 Å². The molecule has 3 aliphatic rings. The third kappa shape index (κ3) is 6.29. The lowest BCUT2D eigenvalue weighted by Crippen LogP contribution is -2.54. The number of nitrogens with zero attached hydrogens (tertiary/aromatic N) is 2. The number of hydrogen-bond acceptors (Lipinski definition) is 5. The first-order chi connectivity index (χ1) is 14.0. The fourth-order valence-corrected chi connectivity index (χ4v) is 3.37. The lowest BCUT2D eigenvalue weighted by atomic mass is 10.1. The Labute approximate surface area is 172 Å². The molecule has 0 aromatic heterocycles. The molecule has 4 amide bonds. The van der Waals surface area contributed by atoms with Crippen LogP contribution >= 0.6 is 0 Å². The molecule has 0 spiro atoms. The van der Waals surface area contributed by atoms with Crippen LogP contribution < -0.4 is 10.5 Å². The van der Waals surface area contributed by atoms with Gasteiger partial charge in [0.2, 0.25) is 11.8 Å². The van der Waals surface area contributed by atoms with Crippen LogP contribution in [0.4, 0.5) is 4.79 Å². The highest BCUT2D eigenvalue weighted by Crippen LogP contribution is 2.33. The summed E-state index contributed by atoms with van der Waals surface area (Å²) in [5, 5.41) is 0. The van der Waals surface area contributed by atoms with E-state index in [0.717, 1.165) is 29.3 Å². The summed E-state index contributed by atoms with van der Waals surface area (Å²) in [5.41, 5.74) is 6.06. The van der Waals surface area contributed by atoms with Crippen LogP contribution in [0.25, 0.3) is 0 Å². The van der Waals surface area contributed by atoms with Crippen molar-refractivity contribution in [2.24, 2.45) is 17.6 Å². The van der Waals surface area contributed by atoms with E-state index in [1.165, 1.54) is 37.0 Å². The monoisotopic (exact) mass is 401 g/mol. The molecule has 0 atom stereocenters. The molecule has 29 heavy (non-hydrogen) atoms. The summed E-state index contributed by atoms with van der Waals surface area (Å²) in [4.78, 5) is 39.0. The Bertz CT molecular complexity index is 743. The summed E-state index contributed by atoms with van der Waals surface area (Å²) in [6, 6.07) is 6.71. The second-order valence-electron chi connectivity index (χ2n) is 8.09. The van der Waals surface area contributed by atoms with Gasteiger partial charge in [0.25, 0.3) is 0 Å². The molecule has 1 heterocycles. The molecule has 0 unspecified atom stereocenters. The van der Waals surface area contributed by atoms with Gasteiger partial charge in [0.05, 0.1) is 13.7 Å². The van der Waals surface area contributed by atoms with E-state index in [1.807, 2.05) is 12.1 Å². The van der Waals surface area contributed by atoms with Crippen molar-refractivity contribution < 1.29 is 19.1 Å². The highest BCUT2D eigenvalue weighted by molar-refractivity contribution is 6.14. The number of carbonyl (C=O) groups is 3. The number of rotatable bonds is 8. The van der Waals surface area contributed by atoms with Crippen LogP contribution in [0.3, 0.4) is 0 Å². The lowest BCUT2D eigenvalue weighted by molar-refractivity contribution is -0.142. The predicted octanol–water partition coefficient (Wildman–Crippen LogP) is 2.92. The predicted molar refractivity (Wildman–Crippen MR) is 109 cm³/mol. The van der Waals surface area contributed by atoms with Gasteiger partial charge in [-0.15, -0.1) is 0 Å². The van der Waals surface area contributed by atoms with Crippen molar-refractivity contribution in [1.82, 2.24) is 9.80 Å². The Morgan fingerprint density at radius 1 is 1.00 bits per heavy atom. The van der Waals surface area contributed by atoms with Crippen LogP contribution in [0, 0.1) is 11.8 Å².